The van der Waals surface area contributed by atoms with E-state index < -0.39 is 0 Å². The lowest BCUT2D eigenvalue weighted by Gasteiger charge is -2.12. The zero-order valence-electron chi connectivity index (χ0n) is 16.2. The molecule has 0 fully saturated rings. The summed E-state index contributed by atoms with van der Waals surface area (Å²) >= 11 is 6.00. The number of benzene rings is 2. The van der Waals surface area contributed by atoms with E-state index in [1.165, 1.54) is 0 Å². The highest BCUT2D eigenvalue weighted by Gasteiger charge is 2.06. The van der Waals surface area contributed by atoms with Crippen LogP contribution in [-0.2, 0) is 4.79 Å². The van der Waals surface area contributed by atoms with Crippen molar-refractivity contribution in [3.05, 3.63) is 59.1 Å². The maximum atomic E-state index is 12.1. The van der Waals surface area contributed by atoms with Gasteiger partial charge in [-0.05, 0) is 42.8 Å². The summed E-state index contributed by atoms with van der Waals surface area (Å²) < 4.78 is 5.54. The van der Waals surface area contributed by atoms with Crippen LogP contribution in [0.1, 0.15) is 23.2 Å². The maximum Gasteiger partial charge on any atom is 0.251 e. The molecular formula is C21H26ClN3O3. The molecule has 0 aliphatic rings. The predicted octanol–water partition coefficient (Wildman–Crippen LogP) is 3.11. The van der Waals surface area contributed by atoms with Crippen molar-refractivity contribution in [1.82, 2.24) is 10.6 Å². The first-order valence-electron chi connectivity index (χ1n) is 9.17. The lowest BCUT2D eigenvalue weighted by molar-refractivity contribution is -0.121. The molecule has 0 radical (unpaired) electrons. The Hall–Kier alpha value is -2.73. The molecule has 0 saturated carbocycles. The van der Waals surface area contributed by atoms with Gasteiger partial charge in [-0.1, -0.05) is 23.7 Å². The van der Waals surface area contributed by atoms with Gasteiger partial charge in [-0.2, -0.15) is 0 Å². The fraction of sp³-hybridized carbons (Fsp3) is 0.333. The summed E-state index contributed by atoms with van der Waals surface area (Å²) in [6.45, 7) is 1.17. The van der Waals surface area contributed by atoms with E-state index in [1.807, 2.05) is 43.3 Å². The number of ether oxygens (including phenoxy) is 1. The minimum Gasteiger partial charge on any atom is -0.492 e. The molecule has 2 aromatic rings. The highest BCUT2D eigenvalue weighted by atomic mass is 35.5. The van der Waals surface area contributed by atoms with Gasteiger partial charge < -0.3 is 20.3 Å². The minimum atomic E-state index is -0.160. The highest BCUT2D eigenvalue weighted by molar-refractivity contribution is 6.32. The average molecular weight is 404 g/mol. The number of amides is 2. The number of para-hydroxylation sites is 1. The van der Waals surface area contributed by atoms with Crippen molar-refractivity contribution in [2.24, 2.45) is 0 Å². The van der Waals surface area contributed by atoms with Crippen molar-refractivity contribution in [3.8, 4) is 5.75 Å². The zero-order chi connectivity index (χ0) is 20.4. The Labute approximate surface area is 170 Å². The Morgan fingerprint density at radius 1 is 1.00 bits per heavy atom. The molecule has 0 atom stereocenters. The number of hydrogen-bond donors (Lipinski definition) is 2. The van der Waals surface area contributed by atoms with E-state index in [0.29, 0.717) is 48.9 Å². The van der Waals surface area contributed by atoms with Crippen molar-refractivity contribution in [2.45, 2.75) is 12.8 Å². The van der Waals surface area contributed by atoms with Gasteiger partial charge in [0.05, 0.1) is 11.6 Å². The Morgan fingerprint density at radius 3 is 2.36 bits per heavy atom. The lowest BCUT2D eigenvalue weighted by Crippen LogP contribution is -2.34. The minimum absolute atomic E-state index is 0.0765. The monoisotopic (exact) mass is 403 g/mol. The average Bonchev–Trinajstić information content (AvgIpc) is 2.69. The normalized spacial score (nSPS) is 10.2. The summed E-state index contributed by atoms with van der Waals surface area (Å²) in [6.07, 6.45) is 0.937. The maximum absolute atomic E-state index is 12.1. The van der Waals surface area contributed by atoms with Gasteiger partial charge in [-0.25, -0.2) is 0 Å². The molecular weight excluding hydrogens is 378 g/mol. The van der Waals surface area contributed by atoms with Crippen molar-refractivity contribution >= 4 is 29.1 Å². The molecule has 0 spiro atoms. The van der Waals surface area contributed by atoms with Crippen LogP contribution < -0.4 is 20.3 Å². The molecule has 0 aliphatic carbocycles. The molecule has 0 aliphatic heterocycles. The largest absolute Gasteiger partial charge is 0.492 e. The molecule has 7 heteroatoms. The fourth-order valence-electron chi connectivity index (χ4n) is 2.46. The van der Waals surface area contributed by atoms with E-state index in [4.69, 9.17) is 16.3 Å². The van der Waals surface area contributed by atoms with Crippen LogP contribution in [0.5, 0.6) is 5.75 Å². The quantitative estimate of drug-likeness (QED) is 0.598. The van der Waals surface area contributed by atoms with Crippen molar-refractivity contribution < 1.29 is 14.3 Å². The molecule has 0 bridgehead atoms. The van der Waals surface area contributed by atoms with Crippen LogP contribution in [0.15, 0.2) is 48.5 Å². The molecule has 2 aromatic carbocycles. The van der Waals surface area contributed by atoms with Crippen LogP contribution in [0, 0.1) is 0 Å². The third-order valence-electron chi connectivity index (χ3n) is 4.02. The summed E-state index contributed by atoms with van der Waals surface area (Å²) in [6, 6.07) is 14.6. The van der Waals surface area contributed by atoms with Gasteiger partial charge >= 0.3 is 0 Å². The first kappa shape index (κ1) is 21.6. The molecule has 6 nitrogen and oxygen atoms in total. The van der Waals surface area contributed by atoms with Gasteiger partial charge in [0.1, 0.15) is 5.75 Å². The van der Waals surface area contributed by atoms with Gasteiger partial charge in [-0.3, -0.25) is 9.59 Å². The third-order valence-corrected chi connectivity index (χ3v) is 4.33. The molecule has 150 valence electrons. The van der Waals surface area contributed by atoms with Crippen molar-refractivity contribution in [3.63, 3.8) is 0 Å². The summed E-state index contributed by atoms with van der Waals surface area (Å²) in [5.74, 6) is 0.381. The number of anilines is 1. The number of halogens is 1. The smallest absolute Gasteiger partial charge is 0.251 e. The standard InChI is InChI=1S/C21H26ClN3O3/c1-25(2)17-11-9-16(10-12-17)21(27)24-14-13-23-20(26)8-5-15-28-19-7-4-3-6-18(19)22/h3-4,6-7,9-12H,5,8,13-15H2,1-2H3,(H,23,26)(H,24,27). The number of carbonyl (C=O) groups is 2. The Bertz CT molecular complexity index is 779. The van der Waals surface area contributed by atoms with E-state index in [9.17, 15) is 9.59 Å². The van der Waals surface area contributed by atoms with Gasteiger partial charge in [-0.15, -0.1) is 0 Å². The van der Waals surface area contributed by atoms with Crippen molar-refractivity contribution in [1.29, 1.82) is 0 Å². The van der Waals surface area contributed by atoms with Crippen LogP contribution in [0.4, 0.5) is 5.69 Å². The van der Waals surface area contributed by atoms with Gasteiger partial charge in [0.25, 0.3) is 5.91 Å². The van der Waals surface area contributed by atoms with Gasteiger partial charge in [0, 0.05) is 44.9 Å². The van der Waals surface area contributed by atoms with Crippen LogP contribution in [-0.4, -0.2) is 45.6 Å². The number of carbonyl (C=O) groups excluding carboxylic acids is 2. The topological polar surface area (TPSA) is 70.7 Å². The Morgan fingerprint density at radius 2 is 1.68 bits per heavy atom. The molecule has 0 heterocycles. The number of nitrogens with one attached hydrogen (secondary N) is 2. The van der Waals surface area contributed by atoms with Gasteiger partial charge in [0.2, 0.25) is 5.91 Å². The summed E-state index contributed by atoms with van der Waals surface area (Å²) in [7, 11) is 3.89. The van der Waals surface area contributed by atoms with Crippen molar-refractivity contribution in [2.75, 3.05) is 38.7 Å². The van der Waals surface area contributed by atoms with E-state index in [-0.39, 0.29) is 11.8 Å². The summed E-state index contributed by atoms with van der Waals surface area (Å²) in [4.78, 5) is 25.9. The van der Waals surface area contributed by atoms with Crippen LogP contribution in [0.3, 0.4) is 0 Å². The zero-order valence-corrected chi connectivity index (χ0v) is 17.0. The van der Waals surface area contributed by atoms with E-state index in [2.05, 4.69) is 10.6 Å². The number of rotatable bonds is 10. The number of nitrogens with zero attached hydrogens (tertiary/aromatic N) is 1. The summed E-state index contributed by atoms with van der Waals surface area (Å²) in [5.41, 5.74) is 1.62. The Balaban J connectivity index is 1.58. The van der Waals surface area contributed by atoms with E-state index >= 15 is 0 Å². The first-order valence-corrected chi connectivity index (χ1v) is 9.55. The fourth-order valence-corrected chi connectivity index (χ4v) is 2.65. The molecule has 0 saturated heterocycles. The van der Waals surface area contributed by atoms with Crippen LogP contribution in [0.25, 0.3) is 0 Å². The second-order valence-electron chi connectivity index (χ2n) is 6.43. The second kappa shape index (κ2) is 11.2. The lowest BCUT2D eigenvalue weighted by atomic mass is 10.2. The van der Waals surface area contributed by atoms with Gasteiger partial charge in [0.15, 0.2) is 0 Å². The molecule has 2 N–H and O–H groups in total. The van der Waals surface area contributed by atoms with E-state index in [1.54, 1.807) is 24.3 Å². The third kappa shape index (κ3) is 7.12. The number of hydrogen-bond acceptors (Lipinski definition) is 4. The predicted molar refractivity (Wildman–Crippen MR) is 112 cm³/mol. The molecule has 2 rings (SSSR count). The highest BCUT2D eigenvalue weighted by Crippen LogP contribution is 2.23. The molecule has 28 heavy (non-hydrogen) atoms. The first-order chi connectivity index (χ1) is 13.5. The molecule has 0 unspecified atom stereocenters. The second-order valence-corrected chi connectivity index (χ2v) is 6.84. The SMILES string of the molecule is CN(C)c1ccc(C(=O)NCCNC(=O)CCCOc2ccccc2Cl)cc1. The Kier molecular flexibility index (Phi) is 8.62. The van der Waals surface area contributed by atoms with Crippen LogP contribution >= 0.6 is 11.6 Å². The van der Waals surface area contributed by atoms with E-state index in [0.717, 1.165) is 5.69 Å². The molecule has 2 amide bonds. The summed E-state index contributed by atoms with van der Waals surface area (Å²) in [5, 5.41) is 6.13. The molecule has 0 aromatic heterocycles. The van der Waals surface area contributed by atoms with Crippen LogP contribution in [0.2, 0.25) is 5.02 Å².